The first-order chi connectivity index (χ1) is 6.29. The van der Waals surface area contributed by atoms with Gasteiger partial charge in [-0.3, -0.25) is 0 Å². The van der Waals surface area contributed by atoms with Gasteiger partial charge in [0, 0.05) is 7.05 Å². The second-order valence-electron chi connectivity index (χ2n) is 3.25. The summed E-state index contributed by atoms with van der Waals surface area (Å²) in [4.78, 5) is 1.17. The number of ether oxygens (including phenoxy) is 1. The number of nitrogens with one attached hydrogen (secondary N) is 1. The minimum atomic E-state index is 0.702. The Morgan fingerprint density at radius 2 is 2.00 bits per heavy atom. The van der Waals surface area contributed by atoms with E-state index in [9.17, 15) is 0 Å². The number of benzene rings is 1. The van der Waals surface area contributed by atoms with Crippen LogP contribution >= 0.6 is 0 Å². The van der Waals surface area contributed by atoms with E-state index in [0.29, 0.717) is 6.61 Å². The summed E-state index contributed by atoms with van der Waals surface area (Å²) < 4.78 is 5.47. The van der Waals surface area contributed by atoms with Crippen molar-refractivity contribution in [1.29, 1.82) is 0 Å². The Morgan fingerprint density at radius 3 is 2.62 bits per heavy atom. The summed E-state index contributed by atoms with van der Waals surface area (Å²) in [6.45, 7) is 2.42. The number of hydrogen-bond acceptors (Lipinski definition) is 1. The second-order valence-corrected chi connectivity index (χ2v) is 3.25. The Morgan fingerprint density at radius 1 is 1.31 bits per heavy atom. The molecule has 1 aromatic carbocycles. The predicted molar refractivity (Wildman–Crippen MR) is 53.2 cm³/mol. The Labute approximate surface area is 80.1 Å². The van der Waals surface area contributed by atoms with Crippen LogP contribution in [0, 0.1) is 7.05 Å². The van der Waals surface area contributed by atoms with E-state index in [-0.39, 0.29) is 0 Å². The van der Waals surface area contributed by atoms with Crippen LogP contribution in [0.25, 0.3) is 0 Å². The van der Waals surface area contributed by atoms with Gasteiger partial charge < -0.3 is 9.64 Å². The number of hydrogen-bond donors (Lipinski definition) is 1. The Bertz CT molecular complexity index is 221. The van der Waals surface area contributed by atoms with Gasteiger partial charge in [0.25, 0.3) is 0 Å². The van der Waals surface area contributed by atoms with E-state index in [1.807, 2.05) is 25.2 Å². The van der Waals surface area contributed by atoms with Crippen LogP contribution in [0.1, 0.15) is 5.56 Å². The van der Waals surface area contributed by atoms with Gasteiger partial charge in [-0.05, 0) is 5.56 Å². The van der Waals surface area contributed by atoms with Crippen LogP contribution in [-0.2, 0) is 11.3 Å². The van der Waals surface area contributed by atoms with E-state index in [4.69, 9.17) is 4.74 Å². The van der Waals surface area contributed by atoms with Gasteiger partial charge in [-0.15, -0.1) is 0 Å². The van der Waals surface area contributed by atoms with Crippen LogP contribution in [0.2, 0.25) is 0 Å². The van der Waals surface area contributed by atoms with Gasteiger partial charge in [0.05, 0.1) is 19.8 Å². The quantitative estimate of drug-likeness (QED) is 0.513. The molecule has 1 aromatic rings. The molecule has 0 heterocycles. The van der Waals surface area contributed by atoms with Crippen molar-refractivity contribution in [3.63, 3.8) is 0 Å². The molecule has 0 saturated heterocycles. The Balaban J connectivity index is 2.13. The van der Waals surface area contributed by atoms with E-state index < -0.39 is 0 Å². The van der Waals surface area contributed by atoms with Gasteiger partial charge in [0.1, 0.15) is 0 Å². The first-order valence-electron chi connectivity index (χ1n) is 4.55. The lowest BCUT2D eigenvalue weighted by Gasteiger charge is -2.13. The highest BCUT2D eigenvalue weighted by Crippen LogP contribution is 1.99. The number of likely N-dealkylation sites (N-methyl/N-ethyl adjacent to an activating group) is 1. The molecule has 72 valence electrons. The Hall–Kier alpha value is -0.860. The molecule has 0 aliphatic rings. The maximum atomic E-state index is 5.47. The summed E-state index contributed by atoms with van der Waals surface area (Å²) in [6, 6.07) is 10.2. The first-order valence-corrected chi connectivity index (χ1v) is 4.55. The SMILES string of the molecule is [CH2-][NH+](C)CCOCc1ccccc1. The maximum absolute atomic E-state index is 5.47. The second kappa shape index (κ2) is 5.73. The Kier molecular flexibility index (Phi) is 4.50. The van der Waals surface area contributed by atoms with Crippen molar-refractivity contribution in [1.82, 2.24) is 0 Å². The molecule has 2 nitrogen and oxygen atoms in total. The molecule has 0 aliphatic carbocycles. The van der Waals surface area contributed by atoms with Gasteiger partial charge in [0.15, 0.2) is 0 Å². The molecule has 1 rings (SSSR count). The molecule has 0 radical (unpaired) electrons. The van der Waals surface area contributed by atoms with E-state index >= 15 is 0 Å². The highest BCUT2D eigenvalue weighted by molar-refractivity contribution is 5.13. The first kappa shape index (κ1) is 10.2. The smallest absolute Gasteiger partial charge is 0.0939 e. The zero-order chi connectivity index (χ0) is 9.52. The van der Waals surface area contributed by atoms with Crippen LogP contribution in [0.3, 0.4) is 0 Å². The largest absolute Gasteiger partial charge is 0.468 e. The lowest BCUT2D eigenvalue weighted by atomic mass is 10.2. The maximum Gasteiger partial charge on any atom is 0.0939 e. The molecule has 1 N–H and O–H groups in total. The fourth-order valence-electron chi connectivity index (χ4n) is 1.01. The van der Waals surface area contributed by atoms with Crippen LogP contribution in [0.5, 0.6) is 0 Å². The zero-order valence-electron chi connectivity index (χ0n) is 8.12. The third-order valence-electron chi connectivity index (χ3n) is 1.78. The lowest BCUT2D eigenvalue weighted by molar-refractivity contribution is -0.832. The van der Waals surface area contributed by atoms with Crippen LogP contribution in [0.15, 0.2) is 30.3 Å². The van der Waals surface area contributed by atoms with Gasteiger partial charge >= 0.3 is 0 Å². The van der Waals surface area contributed by atoms with E-state index in [0.717, 1.165) is 13.2 Å². The van der Waals surface area contributed by atoms with Crippen molar-refractivity contribution in [3.8, 4) is 0 Å². The van der Waals surface area contributed by atoms with Crippen LogP contribution < -0.4 is 4.90 Å². The molecule has 1 atom stereocenters. The van der Waals surface area contributed by atoms with E-state index in [1.165, 1.54) is 10.5 Å². The van der Waals surface area contributed by atoms with Crippen molar-refractivity contribution >= 4 is 0 Å². The van der Waals surface area contributed by atoms with Gasteiger partial charge in [-0.2, -0.15) is 7.05 Å². The summed E-state index contributed by atoms with van der Waals surface area (Å²) >= 11 is 0. The van der Waals surface area contributed by atoms with Gasteiger partial charge in [-0.1, -0.05) is 30.3 Å². The minimum absolute atomic E-state index is 0.702. The fraction of sp³-hybridized carbons (Fsp3) is 0.364. The molecule has 0 aliphatic heterocycles. The van der Waals surface area contributed by atoms with Crippen LogP contribution in [0.4, 0.5) is 0 Å². The lowest BCUT2D eigenvalue weighted by Crippen LogP contribution is -3.04. The molecule has 0 spiro atoms. The van der Waals surface area contributed by atoms with Crippen LogP contribution in [-0.4, -0.2) is 20.2 Å². The van der Waals surface area contributed by atoms with E-state index in [1.54, 1.807) is 0 Å². The predicted octanol–water partition coefficient (Wildman–Crippen LogP) is 0.509. The highest BCUT2D eigenvalue weighted by atomic mass is 16.5. The summed E-state index contributed by atoms with van der Waals surface area (Å²) in [7, 11) is 5.84. The zero-order valence-corrected chi connectivity index (χ0v) is 8.12. The fourth-order valence-corrected chi connectivity index (χ4v) is 1.01. The number of quaternary nitrogens is 1. The van der Waals surface area contributed by atoms with Crippen molar-refractivity contribution in [2.75, 3.05) is 20.2 Å². The summed E-state index contributed by atoms with van der Waals surface area (Å²) in [6.07, 6.45) is 0. The topological polar surface area (TPSA) is 13.7 Å². The standard InChI is InChI=1S/C11H17NO/c1-12(2)8-9-13-10-11-6-4-3-5-7-11/h3-7,12H,1,8-10H2,2H3. The number of rotatable bonds is 5. The molecule has 13 heavy (non-hydrogen) atoms. The average molecular weight is 179 g/mol. The van der Waals surface area contributed by atoms with Crippen molar-refractivity contribution in [2.45, 2.75) is 6.61 Å². The molecule has 0 aromatic heterocycles. The summed E-state index contributed by atoms with van der Waals surface area (Å²) in [5.74, 6) is 0. The van der Waals surface area contributed by atoms with Gasteiger partial charge in [-0.25, -0.2) is 0 Å². The molecular weight excluding hydrogens is 162 g/mol. The molecular formula is C11H17NO. The minimum Gasteiger partial charge on any atom is -0.468 e. The molecule has 0 fully saturated rings. The van der Waals surface area contributed by atoms with Crippen molar-refractivity contribution in [3.05, 3.63) is 42.9 Å². The average Bonchev–Trinajstić information content (AvgIpc) is 2.14. The molecule has 1 unspecified atom stereocenters. The monoisotopic (exact) mass is 179 g/mol. The van der Waals surface area contributed by atoms with E-state index in [2.05, 4.69) is 19.2 Å². The highest BCUT2D eigenvalue weighted by Gasteiger charge is 1.92. The molecule has 0 bridgehead atoms. The normalized spacial score (nSPS) is 12.8. The van der Waals surface area contributed by atoms with Gasteiger partial charge in [0.2, 0.25) is 0 Å². The third kappa shape index (κ3) is 4.65. The third-order valence-corrected chi connectivity index (χ3v) is 1.78. The summed E-state index contributed by atoms with van der Waals surface area (Å²) in [5, 5.41) is 0. The molecule has 0 amide bonds. The molecule has 0 saturated carbocycles. The van der Waals surface area contributed by atoms with Crippen molar-refractivity contribution in [2.24, 2.45) is 0 Å². The molecule has 2 heteroatoms. The van der Waals surface area contributed by atoms with Crippen molar-refractivity contribution < 1.29 is 9.64 Å². The summed E-state index contributed by atoms with van der Waals surface area (Å²) in [5.41, 5.74) is 1.23.